The van der Waals surface area contributed by atoms with E-state index in [2.05, 4.69) is 10.2 Å². The number of likely N-dealkylation sites (tertiary alicyclic amines) is 1. The van der Waals surface area contributed by atoms with E-state index in [9.17, 15) is 9.18 Å². The van der Waals surface area contributed by atoms with Crippen molar-refractivity contribution in [2.75, 3.05) is 26.2 Å². The lowest BCUT2D eigenvalue weighted by Crippen LogP contribution is -2.27. The van der Waals surface area contributed by atoms with Gasteiger partial charge in [0.1, 0.15) is 5.82 Å². The van der Waals surface area contributed by atoms with Gasteiger partial charge in [-0.2, -0.15) is 0 Å². The van der Waals surface area contributed by atoms with Crippen LogP contribution in [0.1, 0.15) is 24.8 Å². The summed E-state index contributed by atoms with van der Waals surface area (Å²) in [5, 5.41) is 2.86. The van der Waals surface area contributed by atoms with Crippen LogP contribution in [-0.2, 0) is 4.79 Å². The average molecular weight is 276 g/mol. The smallest absolute Gasteiger partial charge is 0.243 e. The largest absolute Gasteiger partial charge is 0.353 e. The van der Waals surface area contributed by atoms with Gasteiger partial charge in [-0.1, -0.05) is 12.1 Å². The molecule has 1 aliphatic heterocycles. The molecule has 1 aliphatic rings. The number of benzene rings is 1. The lowest BCUT2D eigenvalue weighted by molar-refractivity contribution is -0.116. The van der Waals surface area contributed by atoms with E-state index in [4.69, 9.17) is 0 Å². The molecule has 1 aromatic carbocycles. The summed E-state index contributed by atoms with van der Waals surface area (Å²) in [7, 11) is 0. The van der Waals surface area contributed by atoms with E-state index in [0.29, 0.717) is 6.54 Å². The van der Waals surface area contributed by atoms with Gasteiger partial charge < -0.3 is 10.2 Å². The number of nitrogens with one attached hydrogen (secondary N) is 1. The Balaban J connectivity index is 1.63. The molecule has 0 unspecified atom stereocenters. The molecule has 0 spiro atoms. The third kappa shape index (κ3) is 5.13. The first-order valence-corrected chi connectivity index (χ1v) is 7.18. The van der Waals surface area contributed by atoms with Crippen molar-refractivity contribution in [2.24, 2.45) is 0 Å². The highest BCUT2D eigenvalue weighted by atomic mass is 19.1. The van der Waals surface area contributed by atoms with Crippen molar-refractivity contribution in [3.8, 4) is 0 Å². The van der Waals surface area contributed by atoms with Gasteiger partial charge in [0.05, 0.1) is 0 Å². The maximum absolute atomic E-state index is 12.7. The number of carbonyl (C=O) groups is 1. The zero-order valence-electron chi connectivity index (χ0n) is 11.6. The molecule has 0 aromatic heterocycles. The second kappa shape index (κ2) is 7.80. The number of hydrogen-bond donors (Lipinski definition) is 1. The third-order valence-electron chi connectivity index (χ3n) is 3.45. The van der Waals surface area contributed by atoms with Crippen LogP contribution in [0.4, 0.5) is 4.39 Å². The van der Waals surface area contributed by atoms with E-state index in [0.717, 1.165) is 18.5 Å². The van der Waals surface area contributed by atoms with Crippen molar-refractivity contribution in [3.63, 3.8) is 0 Å². The molecule has 4 heteroatoms. The molecule has 2 rings (SSSR count). The molecule has 3 nitrogen and oxygen atoms in total. The van der Waals surface area contributed by atoms with E-state index in [1.807, 2.05) is 0 Å². The fourth-order valence-corrected chi connectivity index (χ4v) is 2.33. The van der Waals surface area contributed by atoms with Crippen LogP contribution in [0.2, 0.25) is 0 Å². The third-order valence-corrected chi connectivity index (χ3v) is 3.45. The summed E-state index contributed by atoms with van der Waals surface area (Å²) in [6, 6.07) is 6.06. The van der Waals surface area contributed by atoms with E-state index < -0.39 is 0 Å². The molecule has 1 heterocycles. The molecule has 0 bridgehead atoms. The summed E-state index contributed by atoms with van der Waals surface area (Å²) in [5.74, 6) is -0.371. The number of carbonyl (C=O) groups excluding carboxylic acids is 1. The van der Waals surface area contributed by atoms with E-state index in [1.54, 1.807) is 18.2 Å². The van der Waals surface area contributed by atoms with Crippen LogP contribution in [0.25, 0.3) is 6.08 Å². The van der Waals surface area contributed by atoms with E-state index >= 15 is 0 Å². The van der Waals surface area contributed by atoms with Crippen LogP contribution >= 0.6 is 0 Å². The van der Waals surface area contributed by atoms with Crippen molar-refractivity contribution in [3.05, 3.63) is 41.7 Å². The molecule has 0 saturated carbocycles. The lowest BCUT2D eigenvalue weighted by Gasteiger charge is -2.13. The first-order valence-electron chi connectivity index (χ1n) is 7.18. The molecule has 1 aromatic rings. The molecule has 1 saturated heterocycles. The standard InChI is InChI=1S/C16H21FN2O/c17-15-7-4-14(5-8-15)6-9-16(20)18-10-3-13-19-11-1-2-12-19/h4-9H,1-3,10-13H2,(H,18,20)/b9-6+. The lowest BCUT2D eigenvalue weighted by atomic mass is 10.2. The maximum Gasteiger partial charge on any atom is 0.243 e. The maximum atomic E-state index is 12.7. The SMILES string of the molecule is O=C(/C=C/c1ccc(F)cc1)NCCCN1CCCC1. The molecule has 0 atom stereocenters. The highest BCUT2D eigenvalue weighted by Crippen LogP contribution is 2.07. The predicted molar refractivity (Wildman–Crippen MR) is 78.7 cm³/mol. The van der Waals surface area contributed by atoms with Gasteiger partial charge in [0.2, 0.25) is 5.91 Å². The van der Waals surface area contributed by atoms with Crippen LogP contribution in [0.3, 0.4) is 0 Å². The minimum Gasteiger partial charge on any atom is -0.353 e. The van der Waals surface area contributed by atoms with Gasteiger partial charge in [0.25, 0.3) is 0 Å². The van der Waals surface area contributed by atoms with Gasteiger partial charge >= 0.3 is 0 Å². The van der Waals surface area contributed by atoms with Gasteiger partial charge in [0.15, 0.2) is 0 Å². The Morgan fingerprint density at radius 3 is 2.65 bits per heavy atom. The summed E-state index contributed by atoms with van der Waals surface area (Å²) >= 11 is 0. The molecular formula is C16H21FN2O. The Morgan fingerprint density at radius 2 is 1.95 bits per heavy atom. The van der Waals surface area contributed by atoms with Crippen LogP contribution in [0, 0.1) is 5.82 Å². The second-order valence-electron chi connectivity index (χ2n) is 5.08. The van der Waals surface area contributed by atoms with Crippen LogP contribution in [0.5, 0.6) is 0 Å². The van der Waals surface area contributed by atoms with Gasteiger partial charge in [-0.3, -0.25) is 4.79 Å². The minimum atomic E-state index is -0.270. The molecular weight excluding hydrogens is 255 g/mol. The Labute approximate surface area is 119 Å². The van der Waals surface area contributed by atoms with E-state index in [-0.39, 0.29) is 11.7 Å². The van der Waals surface area contributed by atoms with Crippen molar-refractivity contribution in [2.45, 2.75) is 19.3 Å². The molecule has 0 radical (unpaired) electrons. The second-order valence-corrected chi connectivity index (χ2v) is 5.08. The quantitative estimate of drug-likeness (QED) is 0.639. The topological polar surface area (TPSA) is 32.3 Å². The number of amides is 1. The fourth-order valence-electron chi connectivity index (χ4n) is 2.33. The normalized spacial score (nSPS) is 15.8. The van der Waals surface area contributed by atoms with Crippen molar-refractivity contribution >= 4 is 12.0 Å². The Morgan fingerprint density at radius 1 is 1.25 bits per heavy atom. The predicted octanol–water partition coefficient (Wildman–Crippen LogP) is 2.44. The van der Waals surface area contributed by atoms with Crippen LogP contribution < -0.4 is 5.32 Å². The van der Waals surface area contributed by atoms with Crippen molar-refractivity contribution in [1.29, 1.82) is 0 Å². The fraction of sp³-hybridized carbons (Fsp3) is 0.438. The van der Waals surface area contributed by atoms with Crippen LogP contribution in [0.15, 0.2) is 30.3 Å². The molecule has 1 amide bonds. The number of hydrogen-bond acceptors (Lipinski definition) is 2. The number of halogens is 1. The summed E-state index contributed by atoms with van der Waals surface area (Å²) in [4.78, 5) is 14.0. The zero-order chi connectivity index (χ0) is 14.2. The first-order chi connectivity index (χ1) is 9.74. The molecule has 20 heavy (non-hydrogen) atoms. The summed E-state index contributed by atoms with van der Waals surface area (Å²) in [6.07, 6.45) is 6.76. The van der Waals surface area contributed by atoms with Gasteiger partial charge in [-0.05, 0) is 62.7 Å². The zero-order valence-corrected chi connectivity index (χ0v) is 11.6. The summed E-state index contributed by atoms with van der Waals surface area (Å²) in [5.41, 5.74) is 0.818. The Bertz CT molecular complexity index is 450. The highest BCUT2D eigenvalue weighted by Gasteiger charge is 2.10. The molecule has 1 N–H and O–H groups in total. The Kier molecular flexibility index (Phi) is 5.74. The molecule has 108 valence electrons. The van der Waals surface area contributed by atoms with Gasteiger partial charge in [-0.25, -0.2) is 4.39 Å². The monoisotopic (exact) mass is 276 g/mol. The highest BCUT2D eigenvalue weighted by molar-refractivity contribution is 5.91. The molecule has 1 fully saturated rings. The number of nitrogens with zero attached hydrogens (tertiary/aromatic N) is 1. The van der Waals surface area contributed by atoms with E-state index in [1.165, 1.54) is 44.1 Å². The number of rotatable bonds is 6. The minimum absolute atomic E-state index is 0.101. The molecule has 0 aliphatic carbocycles. The van der Waals surface area contributed by atoms with Gasteiger partial charge in [0, 0.05) is 12.6 Å². The summed E-state index contributed by atoms with van der Waals surface area (Å²) < 4.78 is 12.7. The average Bonchev–Trinajstić information content (AvgIpc) is 2.96. The Hall–Kier alpha value is -1.68. The van der Waals surface area contributed by atoms with Crippen molar-refractivity contribution < 1.29 is 9.18 Å². The van der Waals surface area contributed by atoms with Gasteiger partial charge in [-0.15, -0.1) is 0 Å². The summed E-state index contributed by atoms with van der Waals surface area (Å²) in [6.45, 7) is 4.14. The first kappa shape index (κ1) is 14.7. The van der Waals surface area contributed by atoms with Crippen LogP contribution in [-0.4, -0.2) is 37.0 Å². The van der Waals surface area contributed by atoms with Crippen molar-refractivity contribution in [1.82, 2.24) is 10.2 Å².